The van der Waals surface area contributed by atoms with E-state index in [2.05, 4.69) is 0 Å². The lowest BCUT2D eigenvalue weighted by Crippen LogP contribution is -2.29. The molecule has 0 fully saturated rings. The Morgan fingerprint density at radius 1 is 0.818 bits per heavy atom. The van der Waals surface area contributed by atoms with Gasteiger partial charge in [0.05, 0.1) is 6.17 Å². The van der Waals surface area contributed by atoms with E-state index in [0.29, 0.717) is 0 Å². The summed E-state index contributed by atoms with van der Waals surface area (Å²) in [6.45, 7) is 0.816. The second-order valence-electron chi connectivity index (χ2n) is 3.01. The Bertz CT molecular complexity index is 73.7. The van der Waals surface area contributed by atoms with Crippen molar-refractivity contribution in [2.24, 2.45) is 17.2 Å². The Hall–Kier alpha value is -0.120. The quantitative estimate of drug-likeness (QED) is 0.374. The fourth-order valence-electron chi connectivity index (χ4n) is 1.05. The molecule has 0 atom stereocenters. The van der Waals surface area contributed by atoms with E-state index in [1.54, 1.807) is 0 Å². The van der Waals surface area contributed by atoms with E-state index in [-0.39, 0.29) is 6.17 Å². The van der Waals surface area contributed by atoms with Gasteiger partial charge >= 0.3 is 0 Å². The Balaban J connectivity index is 2.80. The first kappa shape index (κ1) is 10.9. The number of hydrogen-bond donors (Lipinski definition) is 3. The van der Waals surface area contributed by atoms with E-state index >= 15 is 0 Å². The van der Waals surface area contributed by atoms with E-state index in [9.17, 15) is 0 Å². The SMILES string of the molecule is NCCCCCCCC(N)N. The van der Waals surface area contributed by atoms with Gasteiger partial charge in [-0.05, 0) is 19.4 Å². The molecule has 0 aromatic heterocycles. The maximum absolute atomic E-state index is 5.39. The van der Waals surface area contributed by atoms with Crippen LogP contribution in [0.5, 0.6) is 0 Å². The summed E-state index contributed by atoms with van der Waals surface area (Å²) in [5.74, 6) is 0. The normalized spacial score (nSPS) is 10.9. The molecule has 68 valence electrons. The molecule has 0 unspecified atom stereocenters. The van der Waals surface area contributed by atoms with Gasteiger partial charge in [-0.1, -0.05) is 25.7 Å². The van der Waals surface area contributed by atoms with Crippen LogP contribution in [-0.2, 0) is 0 Å². The second kappa shape index (κ2) is 7.98. The van der Waals surface area contributed by atoms with Crippen molar-refractivity contribution in [3.05, 3.63) is 0 Å². The Kier molecular flexibility index (Phi) is 7.89. The topological polar surface area (TPSA) is 78.1 Å². The molecule has 0 aliphatic rings. The molecule has 0 radical (unpaired) electrons. The first-order valence-corrected chi connectivity index (χ1v) is 4.48. The van der Waals surface area contributed by atoms with Gasteiger partial charge in [-0.3, -0.25) is 0 Å². The monoisotopic (exact) mass is 159 g/mol. The molecule has 3 heteroatoms. The fraction of sp³-hybridized carbons (Fsp3) is 1.00. The van der Waals surface area contributed by atoms with Gasteiger partial charge in [-0.25, -0.2) is 0 Å². The molecular formula is C8H21N3. The highest BCUT2D eigenvalue weighted by Gasteiger charge is 1.93. The van der Waals surface area contributed by atoms with Gasteiger partial charge in [0.2, 0.25) is 0 Å². The van der Waals surface area contributed by atoms with E-state index in [0.717, 1.165) is 25.8 Å². The molecule has 0 spiro atoms. The zero-order valence-corrected chi connectivity index (χ0v) is 7.26. The van der Waals surface area contributed by atoms with Crippen molar-refractivity contribution in [2.45, 2.75) is 44.7 Å². The number of nitrogens with two attached hydrogens (primary N) is 3. The Morgan fingerprint density at radius 3 is 1.91 bits per heavy atom. The van der Waals surface area contributed by atoms with Crippen LogP contribution >= 0.6 is 0 Å². The molecule has 6 N–H and O–H groups in total. The number of rotatable bonds is 7. The van der Waals surface area contributed by atoms with Crippen LogP contribution in [0.25, 0.3) is 0 Å². The summed E-state index contributed by atoms with van der Waals surface area (Å²) in [6, 6.07) is 0. The molecular weight excluding hydrogens is 138 g/mol. The summed E-state index contributed by atoms with van der Waals surface area (Å²) in [5, 5.41) is 0. The molecule has 0 rings (SSSR count). The number of unbranched alkanes of at least 4 members (excludes halogenated alkanes) is 4. The Labute approximate surface area is 69.3 Å². The molecule has 0 saturated heterocycles. The zero-order chi connectivity index (χ0) is 8.53. The average molecular weight is 159 g/mol. The minimum absolute atomic E-state index is 0.121. The maximum atomic E-state index is 5.39. The number of hydrogen-bond acceptors (Lipinski definition) is 3. The van der Waals surface area contributed by atoms with Gasteiger partial charge < -0.3 is 17.2 Å². The molecule has 0 bridgehead atoms. The van der Waals surface area contributed by atoms with Crippen molar-refractivity contribution in [1.29, 1.82) is 0 Å². The maximum Gasteiger partial charge on any atom is 0.0520 e. The summed E-state index contributed by atoms with van der Waals surface area (Å²) in [7, 11) is 0. The first-order valence-electron chi connectivity index (χ1n) is 4.48. The van der Waals surface area contributed by atoms with E-state index < -0.39 is 0 Å². The van der Waals surface area contributed by atoms with E-state index in [4.69, 9.17) is 17.2 Å². The van der Waals surface area contributed by atoms with Crippen molar-refractivity contribution < 1.29 is 0 Å². The van der Waals surface area contributed by atoms with Gasteiger partial charge in [-0.2, -0.15) is 0 Å². The highest BCUT2D eigenvalue weighted by molar-refractivity contribution is 4.51. The third-order valence-electron chi connectivity index (χ3n) is 1.74. The van der Waals surface area contributed by atoms with Crippen LogP contribution in [0.1, 0.15) is 38.5 Å². The van der Waals surface area contributed by atoms with Gasteiger partial charge in [-0.15, -0.1) is 0 Å². The first-order chi connectivity index (χ1) is 5.27. The van der Waals surface area contributed by atoms with Crippen molar-refractivity contribution >= 4 is 0 Å². The minimum atomic E-state index is -0.121. The standard InChI is InChI=1S/C8H21N3/c9-7-5-3-1-2-4-6-8(10)11/h8H,1-7,9-11H2. The molecule has 0 aromatic carbocycles. The largest absolute Gasteiger partial charge is 0.330 e. The summed E-state index contributed by atoms with van der Waals surface area (Å²) >= 11 is 0. The second-order valence-corrected chi connectivity index (χ2v) is 3.01. The smallest absolute Gasteiger partial charge is 0.0520 e. The van der Waals surface area contributed by atoms with Crippen LogP contribution < -0.4 is 17.2 Å². The highest BCUT2D eigenvalue weighted by atomic mass is 14.8. The molecule has 0 amide bonds. The lowest BCUT2D eigenvalue weighted by atomic mass is 10.1. The van der Waals surface area contributed by atoms with Crippen LogP contribution in [0, 0.1) is 0 Å². The van der Waals surface area contributed by atoms with Crippen molar-refractivity contribution in [3.63, 3.8) is 0 Å². The molecule has 0 saturated carbocycles. The lowest BCUT2D eigenvalue weighted by molar-refractivity contribution is 0.547. The molecule has 0 aliphatic heterocycles. The molecule has 3 nitrogen and oxygen atoms in total. The lowest BCUT2D eigenvalue weighted by Gasteiger charge is -2.03. The van der Waals surface area contributed by atoms with Gasteiger partial charge in [0.1, 0.15) is 0 Å². The predicted molar refractivity (Wildman–Crippen MR) is 48.9 cm³/mol. The zero-order valence-electron chi connectivity index (χ0n) is 7.26. The summed E-state index contributed by atoms with van der Waals surface area (Å²) < 4.78 is 0. The van der Waals surface area contributed by atoms with Crippen molar-refractivity contribution in [2.75, 3.05) is 6.54 Å². The molecule has 11 heavy (non-hydrogen) atoms. The highest BCUT2D eigenvalue weighted by Crippen LogP contribution is 2.04. The van der Waals surface area contributed by atoms with Crippen LogP contribution in [0.4, 0.5) is 0 Å². The van der Waals surface area contributed by atoms with Gasteiger partial charge in [0, 0.05) is 0 Å². The van der Waals surface area contributed by atoms with Crippen LogP contribution in [0.15, 0.2) is 0 Å². The molecule has 0 heterocycles. The van der Waals surface area contributed by atoms with Crippen LogP contribution in [-0.4, -0.2) is 12.7 Å². The predicted octanol–water partition coefficient (Wildman–Crippen LogP) is 0.529. The third-order valence-corrected chi connectivity index (χ3v) is 1.74. The van der Waals surface area contributed by atoms with Crippen LogP contribution in [0.2, 0.25) is 0 Å². The minimum Gasteiger partial charge on any atom is -0.330 e. The van der Waals surface area contributed by atoms with E-state index in [1.165, 1.54) is 19.3 Å². The Morgan fingerprint density at radius 2 is 1.36 bits per heavy atom. The van der Waals surface area contributed by atoms with E-state index in [1.807, 2.05) is 0 Å². The molecule has 0 aliphatic carbocycles. The van der Waals surface area contributed by atoms with Gasteiger partial charge in [0.15, 0.2) is 0 Å². The fourth-order valence-corrected chi connectivity index (χ4v) is 1.05. The summed E-state index contributed by atoms with van der Waals surface area (Å²) in [5.41, 5.74) is 16.1. The van der Waals surface area contributed by atoms with Crippen LogP contribution in [0.3, 0.4) is 0 Å². The third kappa shape index (κ3) is 9.88. The summed E-state index contributed by atoms with van der Waals surface area (Å²) in [6.07, 6.45) is 6.88. The average Bonchev–Trinajstić information content (AvgIpc) is 1.96. The van der Waals surface area contributed by atoms with Crippen molar-refractivity contribution in [1.82, 2.24) is 0 Å². The molecule has 0 aromatic rings. The van der Waals surface area contributed by atoms with Gasteiger partial charge in [0.25, 0.3) is 0 Å². The summed E-state index contributed by atoms with van der Waals surface area (Å²) in [4.78, 5) is 0. The van der Waals surface area contributed by atoms with Crippen molar-refractivity contribution in [3.8, 4) is 0 Å².